The average molecular weight is 582 g/mol. The number of amides is 1. The van der Waals surface area contributed by atoms with Crippen molar-refractivity contribution >= 4 is 40.4 Å². The standard InChI is InChI=1S/C31H23N3O7S/c1-4-15-40-30(38)23-17(2)32-31-34(25(23)18-11-13-19(14-12-18)41-29(37)22-10-7-16-39-22)28(36)26(42-31)24-20-8-5-6-9-21(20)33(3)27(24)35/h4-14,16,25H,1,15H2,2-3H3/b26-24-/t25-/m0/s1. The van der Waals surface area contributed by atoms with Gasteiger partial charge in [-0.2, -0.15) is 0 Å². The van der Waals surface area contributed by atoms with Gasteiger partial charge in [0.1, 0.15) is 16.9 Å². The fraction of sp³-hybridized carbons (Fsp3) is 0.129. The molecule has 11 heteroatoms. The first kappa shape index (κ1) is 26.9. The van der Waals surface area contributed by atoms with Gasteiger partial charge < -0.3 is 18.8 Å². The average Bonchev–Trinajstić information content (AvgIpc) is 3.70. The summed E-state index contributed by atoms with van der Waals surface area (Å²) in [5.41, 5.74) is 2.24. The number of carbonyl (C=O) groups is 3. The number of rotatable bonds is 6. The number of para-hydroxylation sites is 1. The van der Waals surface area contributed by atoms with Gasteiger partial charge in [-0.1, -0.05) is 54.3 Å². The maximum Gasteiger partial charge on any atom is 0.379 e. The van der Waals surface area contributed by atoms with Crippen molar-refractivity contribution in [1.29, 1.82) is 0 Å². The molecule has 42 heavy (non-hydrogen) atoms. The Kier molecular flexibility index (Phi) is 6.79. The molecule has 210 valence electrons. The fourth-order valence-corrected chi connectivity index (χ4v) is 6.16. The lowest BCUT2D eigenvalue weighted by Crippen LogP contribution is -2.40. The molecule has 0 fully saturated rings. The van der Waals surface area contributed by atoms with Crippen LogP contribution in [-0.4, -0.2) is 36.1 Å². The number of hydrogen-bond acceptors (Lipinski definition) is 9. The third-order valence-corrected chi connectivity index (χ3v) is 8.01. The van der Waals surface area contributed by atoms with Crippen molar-refractivity contribution in [3.05, 3.63) is 127 Å². The predicted octanol–water partition coefficient (Wildman–Crippen LogP) is 3.12. The molecule has 0 N–H and O–H groups in total. The molecule has 2 aromatic carbocycles. The molecule has 10 nitrogen and oxygen atoms in total. The highest BCUT2D eigenvalue weighted by Gasteiger charge is 2.36. The number of furan rings is 1. The van der Waals surface area contributed by atoms with E-state index in [0.29, 0.717) is 27.3 Å². The molecule has 1 amide bonds. The molecular weight excluding hydrogens is 558 g/mol. The SMILES string of the molecule is C=CCOC(=O)C1=C(C)N=c2s/c(=C3\C(=O)N(C)c4ccccc43)c(=O)n2[C@H]1c1ccc(OC(=O)c2ccco2)cc1. The summed E-state index contributed by atoms with van der Waals surface area (Å²) >= 11 is 1.09. The van der Waals surface area contributed by atoms with Gasteiger partial charge in [0.2, 0.25) is 5.76 Å². The molecule has 1 atom stereocenters. The van der Waals surface area contributed by atoms with E-state index in [2.05, 4.69) is 11.6 Å². The maximum absolute atomic E-state index is 14.1. The van der Waals surface area contributed by atoms with Crippen molar-refractivity contribution in [3.8, 4) is 5.75 Å². The second kappa shape index (κ2) is 10.6. The number of esters is 2. The third-order valence-electron chi connectivity index (χ3n) is 6.96. The summed E-state index contributed by atoms with van der Waals surface area (Å²) in [7, 11) is 1.66. The van der Waals surface area contributed by atoms with Crippen LogP contribution in [0.3, 0.4) is 0 Å². The quantitative estimate of drug-likeness (QED) is 0.195. The van der Waals surface area contributed by atoms with E-state index >= 15 is 0 Å². The van der Waals surface area contributed by atoms with Crippen molar-refractivity contribution in [2.75, 3.05) is 18.6 Å². The number of aromatic nitrogens is 1. The number of benzene rings is 2. The fourth-order valence-electron chi connectivity index (χ4n) is 5.02. The zero-order valence-corrected chi connectivity index (χ0v) is 23.3. The van der Waals surface area contributed by atoms with Gasteiger partial charge in [0.05, 0.1) is 34.8 Å². The van der Waals surface area contributed by atoms with Gasteiger partial charge in [-0.25, -0.2) is 14.6 Å². The van der Waals surface area contributed by atoms with E-state index in [1.54, 1.807) is 50.4 Å². The van der Waals surface area contributed by atoms with Crippen LogP contribution in [0.5, 0.6) is 5.75 Å². The van der Waals surface area contributed by atoms with Gasteiger partial charge in [-0.05, 0) is 42.8 Å². The lowest BCUT2D eigenvalue weighted by Gasteiger charge is -2.24. The van der Waals surface area contributed by atoms with E-state index < -0.39 is 23.5 Å². The zero-order valence-electron chi connectivity index (χ0n) is 22.5. The van der Waals surface area contributed by atoms with E-state index in [9.17, 15) is 19.2 Å². The van der Waals surface area contributed by atoms with Crippen LogP contribution in [0.15, 0.2) is 105 Å². The van der Waals surface area contributed by atoms with Crippen LogP contribution in [0.4, 0.5) is 5.69 Å². The minimum atomic E-state index is -0.924. The van der Waals surface area contributed by atoms with Crippen LogP contribution in [-0.2, 0) is 14.3 Å². The summed E-state index contributed by atoms with van der Waals surface area (Å²) in [6, 6.07) is 15.8. The maximum atomic E-state index is 14.1. The second-order valence-electron chi connectivity index (χ2n) is 9.48. The van der Waals surface area contributed by atoms with Gasteiger partial charge >= 0.3 is 11.9 Å². The Morgan fingerprint density at radius 2 is 1.83 bits per heavy atom. The molecule has 0 unspecified atom stereocenters. The molecule has 0 spiro atoms. The minimum Gasteiger partial charge on any atom is -0.458 e. The Labute approximate surface area is 242 Å². The van der Waals surface area contributed by atoms with E-state index in [-0.39, 0.29) is 39.7 Å². The zero-order chi connectivity index (χ0) is 29.5. The third kappa shape index (κ3) is 4.40. The van der Waals surface area contributed by atoms with Crippen molar-refractivity contribution in [3.63, 3.8) is 0 Å². The highest BCUT2D eigenvalue weighted by Crippen LogP contribution is 2.35. The van der Waals surface area contributed by atoms with Gasteiger partial charge in [0, 0.05) is 12.6 Å². The Morgan fingerprint density at radius 1 is 1.07 bits per heavy atom. The van der Waals surface area contributed by atoms with Crippen LogP contribution in [0, 0.1) is 0 Å². The molecule has 4 heterocycles. The number of allylic oxidation sites excluding steroid dienone is 1. The molecule has 4 aromatic rings. The van der Waals surface area contributed by atoms with Crippen LogP contribution in [0.2, 0.25) is 0 Å². The number of fused-ring (bicyclic) bond motifs is 2. The molecular formula is C31H23N3O7S. The molecule has 0 saturated heterocycles. The molecule has 2 aliphatic heterocycles. The van der Waals surface area contributed by atoms with Crippen molar-refractivity contribution < 1.29 is 28.3 Å². The smallest absolute Gasteiger partial charge is 0.379 e. The summed E-state index contributed by atoms with van der Waals surface area (Å²) in [6.07, 6.45) is 2.81. The Hall–Kier alpha value is -5.29. The molecule has 6 rings (SSSR count). The Bertz CT molecular complexity index is 1980. The van der Waals surface area contributed by atoms with Crippen molar-refractivity contribution in [2.24, 2.45) is 4.99 Å². The first-order valence-corrected chi connectivity index (χ1v) is 13.7. The van der Waals surface area contributed by atoms with Gasteiger partial charge in [-0.15, -0.1) is 0 Å². The largest absolute Gasteiger partial charge is 0.458 e. The molecule has 0 bridgehead atoms. The second-order valence-corrected chi connectivity index (χ2v) is 10.5. The van der Waals surface area contributed by atoms with Crippen LogP contribution >= 0.6 is 11.3 Å². The normalized spacial score (nSPS) is 17.0. The summed E-state index contributed by atoms with van der Waals surface area (Å²) in [6.45, 7) is 5.23. The van der Waals surface area contributed by atoms with E-state index in [1.807, 2.05) is 18.2 Å². The van der Waals surface area contributed by atoms with Crippen LogP contribution in [0.1, 0.15) is 34.6 Å². The van der Waals surface area contributed by atoms with E-state index in [1.165, 1.54) is 27.9 Å². The van der Waals surface area contributed by atoms with E-state index in [0.717, 1.165) is 11.3 Å². The summed E-state index contributed by atoms with van der Waals surface area (Å²) in [5, 5.41) is 0. The predicted molar refractivity (Wildman–Crippen MR) is 154 cm³/mol. The first-order valence-electron chi connectivity index (χ1n) is 12.9. The summed E-state index contributed by atoms with van der Waals surface area (Å²) in [5.74, 6) is -1.34. The van der Waals surface area contributed by atoms with Gasteiger partial charge in [-0.3, -0.25) is 14.2 Å². The molecule has 2 aromatic heterocycles. The van der Waals surface area contributed by atoms with Crippen LogP contribution in [0.25, 0.3) is 5.57 Å². The molecule has 0 radical (unpaired) electrons. The topological polar surface area (TPSA) is 120 Å². The van der Waals surface area contributed by atoms with E-state index in [4.69, 9.17) is 13.9 Å². The number of hydrogen-bond donors (Lipinski definition) is 0. The highest BCUT2D eigenvalue weighted by atomic mass is 32.1. The lowest BCUT2D eigenvalue weighted by molar-refractivity contribution is -0.138. The van der Waals surface area contributed by atoms with Crippen molar-refractivity contribution in [2.45, 2.75) is 13.0 Å². The van der Waals surface area contributed by atoms with Crippen molar-refractivity contribution in [1.82, 2.24) is 4.57 Å². The number of nitrogens with zero attached hydrogens (tertiary/aromatic N) is 3. The monoisotopic (exact) mass is 581 g/mol. The molecule has 0 aliphatic carbocycles. The number of likely N-dealkylation sites (N-methyl/N-ethyl adjacent to an activating group) is 1. The molecule has 2 aliphatic rings. The molecule has 0 saturated carbocycles. The number of thiazole rings is 1. The highest BCUT2D eigenvalue weighted by molar-refractivity contribution is 7.07. The minimum absolute atomic E-state index is 0.0316. The Balaban J connectivity index is 1.50. The summed E-state index contributed by atoms with van der Waals surface area (Å²) in [4.78, 5) is 59.5. The number of carbonyl (C=O) groups excluding carboxylic acids is 3. The number of anilines is 1. The summed E-state index contributed by atoms with van der Waals surface area (Å²) < 4.78 is 17.5. The first-order chi connectivity index (χ1) is 20.3. The lowest BCUT2D eigenvalue weighted by atomic mass is 9.96. The van der Waals surface area contributed by atoms with Gasteiger partial charge in [0.25, 0.3) is 11.5 Å². The van der Waals surface area contributed by atoms with Gasteiger partial charge in [0.15, 0.2) is 4.80 Å². The Morgan fingerprint density at radius 3 is 2.55 bits per heavy atom. The number of ether oxygens (including phenoxy) is 2. The van der Waals surface area contributed by atoms with Crippen LogP contribution < -0.4 is 24.5 Å².